The summed E-state index contributed by atoms with van der Waals surface area (Å²) in [6.07, 6.45) is 8.28. The molecule has 1 N–H and O–H groups in total. The molecule has 0 amide bonds. The lowest BCUT2D eigenvalue weighted by Gasteiger charge is -2.32. The van der Waals surface area contributed by atoms with Crippen molar-refractivity contribution in [3.63, 3.8) is 0 Å². The van der Waals surface area contributed by atoms with Gasteiger partial charge in [-0.05, 0) is 37.4 Å². The first-order valence-electron chi connectivity index (χ1n) is 7.46. The lowest BCUT2D eigenvalue weighted by Crippen LogP contribution is -2.39. The van der Waals surface area contributed by atoms with Crippen LogP contribution in [0, 0.1) is 5.92 Å². The second-order valence-corrected chi connectivity index (χ2v) is 5.88. The van der Waals surface area contributed by atoms with Crippen molar-refractivity contribution in [2.45, 2.75) is 18.9 Å². The van der Waals surface area contributed by atoms with Gasteiger partial charge in [-0.15, -0.1) is 0 Å². The monoisotopic (exact) mass is 268 g/mol. The zero-order valence-corrected chi connectivity index (χ0v) is 11.6. The minimum absolute atomic E-state index is 0.610. The first-order chi connectivity index (χ1) is 9.90. The zero-order valence-electron chi connectivity index (χ0n) is 11.6. The van der Waals surface area contributed by atoms with Crippen LogP contribution >= 0.6 is 0 Å². The summed E-state index contributed by atoms with van der Waals surface area (Å²) in [7, 11) is 0. The van der Waals surface area contributed by atoms with Crippen LogP contribution in [0.15, 0.2) is 43.0 Å². The van der Waals surface area contributed by atoms with Crippen molar-refractivity contribution < 1.29 is 0 Å². The minimum atomic E-state index is 0.610. The summed E-state index contributed by atoms with van der Waals surface area (Å²) < 4.78 is 2.08. The van der Waals surface area contributed by atoms with E-state index in [9.17, 15) is 0 Å². The van der Waals surface area contributed by atoms with Gasteiger partial charge in [0.15, 0.2) is 0 Å². The van der Waals surface area contributed by atoms with E-state index >= 15 is 0 Å². The Morgan fingerprint density at radius 2 is 2.05 bits per heavy atom. The first kappa shape index (κ1) is 12.0. The Kier molecular flexibility index (Phi) is 2.96. The van der Waals surface area contributed by atoms with Crippen LogP contribution in [0.25, 0.3) is 5.69 Å². The molecule has 3 heterocycles. The van der Waals surface area contributed by atoms with Crippen LogP contribution in [-0.2, 0) is 0 Å². The number of para-hydroxylation sites is 2. The number of benzene rings is 1. The van der Waals surface area contributed by atoms with E-state index in [2.05, 4.69) is 44.0 Å². The molecule has 1 aromatic carbocycles. The van der Waals surface area contributed by atoms with E-state index in [4.69, 9.17) is 0 Å². The number of imidazole rings is 1. The van der Waals surface area contributed by atoms with E-state index in [1.54, 1.807) is 0 Å². The van der Waals surface area contributed by atoms with Gasteiger partial charge in [0, 0.05) is 31.5 Å². The molecule has 20 heavy (non-hydrogen) atoms. The smallest absolute Gasteiger partial charge is 0.0992 e. The summed E-state index contributed by atoms with van der Waals surface area (Å²) in [5, 5.41) is 3.79. The predicted octanol–water partition coefficient (Wildman–Crippen LogP) is 2.38. The number of nitrogens with one attached hydrogen (secondary N) is 1. The number of fused-ring (bicyclic) bond motifs is 2. The molecule has 2 aliphatic rings. The highest BCUT2D eigenvalue weighted by Gasteiger charge is 2.34. The Labute approximate surface area is 119 Å². The van der Waals surface area contributed by atoms with Crippen molar-refractivity contribution in [1.82, 2.24) is 14.5 Å². The number of anilines is 1. The second kappa shape index (κ2) is 4.94. The summed E-state index contributed by atoms with van der Waals surface area (Å²) in [5.41, 5.74) is 2.40. The lowest BCUT2D eigenvalue weighted by molar-refractivity contribution is 0.255. The molecule has 4 rings (SSSR count). The Morgan fingerprint density at radius 1 is 1.15 bits per heavy atom. The maximum atomic E-state index is 4.15. The highest BCUT2D eigenvalue weighted by atomic mass is 15.2. The molecule has 2 bridgehead atoms. The van der Waals surface area contributed by atoms with Gasteiger partial charge < -0.3 is 14.8 Å². The van der Waals surface area contributed by atoms with Crippen LogP contribution in [-0.4, -0.2) is 40.1 Å². The zero-order chi connectivity index (χ0) is 13.4. The number of rotatable bonds is 3. The van der Waals surface area contributed by atoms with Crippen LogP contribution in [0.4, 0.5) is 5.69 Å². The van der Waals surface area contributed by atoms with Gasteiger partial charge in [0.05, 0.1) is 17.7 Å². The summed E-state index contributed by atoms with van der Waals surface area (Å²) >= 11 is 0. The number of hydrogen-bond donors (Lipinski definition) is 1. The summed E-state index contributed by atoms with van der Waals surface area (Å²) in [6, 6.07) is 9.12. The molecule has 104 valence electrons. The van der Waals surface area contributed by atoms with Crippen molar-refractivity contribution in [1.29, 1.82) is 0 Å². The van der Waals surface area contributed by atoms with Gasteiger partial charge in [0.2, 0.25) is 0 Å². The van der Waals surface area contributed by atoms with Gasteiger partial charge >= 0.3 is 0 Å². The summed E-state index contributed by atoms with van der Waals surface area (Å²) in [6.45, 7) is 3.79. The summed E-state index contributed by atoms with van der Waals surface area (Å²) in [4.78, 5) is 6.74. The predicted molar refractivity (Wildman–Crippen MR) is 80.1 cm³/mol. The largest absolute Gasteiger partial charge is 0.380 e. The molecule has 2 fully saturated rings. The van der Waals surface area contributed by atoms with Gasteiger partial charge in [-0.25, -0.2) is 4.98 Å². The van der Waals surface area contributed by atoms with Crippen LogP contribution in [0.5, 0.6) is 0 Å². The molecule has 0 aliphatic carbocycles. The fourth-order valence-electron chi connectivity index (χ4n) is 3.56. The van der Waals surface area contributed by atoms with Crippen molar-refractivity contribution in [2.24, 2.45) is 5.92 Å². The minimum Gasteiger partial charge on any atom is -0.380 e. The Bertz CT molecular complexity index is 578. The number of hydrogen-bond acceptors (Lipinski definition) is 3. The van der Waals surface area contributed by atoms with E-state index in [0.29, 0.717) is 6.04 Å². The first-order valence-corrected chi connectivity index (χ1v) is 7.46. The standard InChI is InChI=1S/C16H20N4/c1-2-4-16(20-10-7-17-12-20)15(3-1)18-14-6-9-19-8-5-13(14)11-19/h1-4,7,10,12-14,18H,5-6,8-9,11H2. The van der Waals surface area contributed by atoms with E-state index < -0.39 is 0 Å². The second-order valence-electron chi connectivity index (χ2n) is 5.88. The Balaban J connectivity index is 1.60. The maximum Gasteiger partial charge on any atom is 0.0992 e. The Hall–Kier alpha value is -1.81. The van der Waals surface area contributed by atoms with Crippen LogP contribution in [0.3, 0.4) is 0 Å². The molecule has 0 spiro atoms. The number of nitrogens with zero attached hydrogens (tertiary/aromatic N) is 3. The molecule has 0 radical (unpaired) electrons. The van der Waals surface area contributed by atoms with E-state index in [-0.39, 0.29) is 0 Å². The molecule has 2 aliphatic heterocycles. The normalized spacial score (nSPS) is 28.5. The molecule has 3 atom stereocenters. The SMILES string of the molecule is c1ccc(-n2ccnc2)c(NC2CCN3CCC2C3)c1. The fraction of sp³-hybridized carbons (Fsp3) is 0.438. The highest BCUT2D eigenvalue weighted by molar-refractivity contribution is 5.61. The van der Waals surface area contributed by atoms with Gasteiger partial charge in [0.25, 0.3) is 0 Å². The summed E-state index contributed by atoms with van der Waals surface area (Å²) in [5.74, 6) is 0.805. The van der Waals surface area contributed by atoms with Gasteiger partial charge in [-0.3, -0.25) is 0 Å². The molecule has 0 saturated carbocycles. The van der Waals surface area contributed by atoms with Crippen molar-refractivity contribution >= 4 is 5.69 Å². The van der Waals surface area contributed by atoms with Crippen LogP contribution in [0.2, 0.25) is 0 Å². The average molecular weight is 268 g/mol. The third-order valence-electron chi connectivity index (χ3n) is 4.66. The Morgan fingerprint density at radius 3 is 2.95 bits per heavy atom. The number of aromatic nitrogens is 2. The quantitative estimate of drug-likeness (QED) is 0.928. The van der Waals surface area contributed by atoms with Gasteiger partial charge in [0.1, 0.15) is 0 Å². The molecule has 3 unspecified atom stereocenters. The van der Waals surface area contributed by atoms with Crippen LogP contribution < -0.4 is 5.32 Å². The molecule has 1 aromatic heterocycles. The topological polar surface area (TPSA) is 33.1 Å². The third kappa shape index (κ3) is 2.10. The molecular formula is C16H20N4. The third-order valence-corrected chi connectivity index (χ3v) is 4.66. The average Bonchev–Trinajstić information content (AvgIpc) is 3.13. The highest BCUT2D eigenvalue weighted by Crippen LogP contribution is 2.31. The van der Waals surface area contributed by atoms with Crippen molar-refractivity contribution in [2.75, 3.05) is 25.0 Å². The molecule has 2 aromatic rings. The maximum absolute atomic E-state index is 4.15. The van der Waals surface area contributed by atoms with Gasteiger partial charge in [-0.1, -0.05) is 12.1 Å². The van der Waals surface area contributed by atoms with Crippen molar-refractivity contribution in [3.05, 3.63) is 43.0 Å². The molecule has 2 saturated heterocycles. The van der Waals surface area contributed by atoms with Gasteiger partial charge in [-0.2, -0.15) is 0 Å². The molecule has 4 nitrogen and oxygen atoms in total. The molecule has 4 heteroatoms. The van der Waals surface area contributed by atoms with E-state index in [1.807, 2.05) is 18.7 Å². The number of piperidine rings is 1. The van der Waals surface area contributed by atoms with Crippen molar-refractivity contribution in [3.8, 4) is 5.69 Å². The lowest BCUT2D eigenvalue weighted by atomic mass is 9.94. The van der Waals surface area contributed by atoms with E-state index in [0.717, 1.165) is 5.92 Å². The van der Waals surface area contributed by atoms with Crippen LogP contribution in [0.1, 0.15) is 12.8 Å². The molecular weight excluding hydrogens is 248 g/mol. The van der Waals surface area contributed by atoms with E-state index in [1.165, 1.54) is 43.9 Å². The fourth-order valence-corrected chi connectivity index (χ4v) is 3.56.